The summed E-state index contributed by atoms with van der Waals surface area (Å²) in [6.07, 6.45) is 3.17. The summed E-state index contributed by atoms with van der Waals surface area (Å²) in [4.78, 5) is 25.3. The van der Waals surface area contributed by atoms with Gasteiger partial charge in [-0.15, -0.1) is 0 Å². The van der Waals surface area contributed by atoms with Crippen LogP contribution in [0.1, 0.15) is 42.1 Å². The van der Waals surface area contributed by atoms with Crippen molar-refractivity contribution >= 4 is 17.2 Å². The van der Waals surface area contributed by atoms with Gasteiger partial charge in [0.05, 0.1) is 24.6 Å². The Morgan fingerprint density at radius 3 is 2.48 bits per heavy atom. The van der Waals surface area contributed by atoms with Gasteiger partial charge in [0, 0.05) is 36.1 Å². The molecule has 2 aromatic carbocycles. The average molecular weight is 368 g/mol. The number of likely N-dealkylation sites (tertiary alicyclic amines) is 1. The standard InChI is InChI=1S/C21H25N3O3/c1-2-12-23-13-10-18(11-14-23)22-19-9-8-17(15-20(19)24(26)27)21(25)16-6-4-3-5-7-16/h3-9,15,18,22H,2,10-14H2,1H3/p+1. The van der Waals surface area contributed by atoms with Gasteiger partial charge in [0.1, 0.15) is 5.69 Å². The predicted octanol–water partition coefficient (Wildman–Crippen LogP) is 2.70. The maximum atomic E-state index is 12.6. The lowest BCUT2D eigenvalue weighted by Crippen LogP contribution is -3.13. The van der Waals surface area contributed by atoms with Gasteiger partial charge in [0.2, 0.25) is 0 Å². The Kier molecular flexibility index (Phi) is 6.19. The normalized spacial score (nSPS) is 19.4. The minimum atomic E-state index is -0.415. The number of hydrogen-bond donors (Lipinski definition) is 2. The molecule has 1 aliphatic rings. The number of benzene rings is 2. The molecule has 142 valence electrons. The lowest BCUT2D eigenvalue weighted by Gasteiger charge is -2.30. The first kappa shape index (κ1) is 19.0. The summed E-state index contributed by atoms with van der Waals surface area (Å²) < 4.78 is 0. The van der Waals surface area contributed by atoms with Crippen LogP contribution in [0.15, 0.2) is 48.5 Å². The number of quaternary nitrogens is 1. The Morgan fingerprint density at radius 1 is 1.15 bits per heavy atom. The largest absolute Gasteiger partial charge is 0.376 e. The number of nitrogens with one attached hydrogen (secondary N) is 2. The first-order valence-corrected chi connectivity index (χ1v) is 9.56. The van der Waals surface area contributed by atoms with Crippen LogP contribution in [0.4, 0.5) is 11.4 Å². The topological polar surface area (TPSA) is 76.7 Å². The summed E-state index contributed by atoms with van der Waals surface area (Å²) in [7, 11) is 0. The second-order valence-electron chi connectivity index (χ2n) is 7.10. The van der Waals surface area contributed by atoms with Crippen LogP contribution < -0.4 is 10.2 Å². The van der Waals surface area contributed by atoms with Crippen molar-refractivity contribution in [1.82, 2.24) is 0 Å². The molecule has 1 heterocycles. The molecule has 6 heteroatoms. The van der Waals surface area contributed by atoms with E-state index in [1.165, 1.54) is 19.0 Å². The van der Waals surface area contributed by atoms with Gasteiger partial charge in [0.15, 0.2) is 5.78 Å². The number of piperidine rings is 1. The van der Waals surface area contributed by atoms with E-state index in [1.807, 2.05) is 6.07 Å². The molecule has 2 aromatic rings. The SMILES string of the molecule is CCC[NH+]1CCC(Nc2ccc(C(=O)c3ccccc3)cc2[N+](=O)[O-])CC1. The zero-order valence-electron chi connectivity index (χ0n) is 15.6. The van der Waals surface area contributed by atoms with Gasteiger partial charge in [-0.3, -0.25) is 14.9 Å². The summed E-state index contributed by atoms with van der Waals surface area (Å²) in [6, 6.07) is 13.8. The molecule has 0 aromatic heterocycles. The summed E-state index contributed by atoms with van der Waals surface area (Å²) in [5.41, 5.74) is 1.31. The third kappa shape index (κ3) is 4.71. The molecule has 1 saturated heterocycles. The van der Waals surface area contributed by atoms with Gasteiger partial charge < -0.3 is 10.2 Å². The number of carbonyl (C=O) groups is 1. The quantitative estimate of drug-likeness (QED) is 0.448. The fourth-order valence-electron chi connectivity index (χ4n) is 3.70. The second-order valence-corrected chi connectivity index (χ2v) is 7.10. The molecule has 0 aliphatic carbocycles. The van der Waals surface area contributed by atoms with E-state index in [2.05, 4.69) is 12.2 Å². The van der Waals surface area contributed by atoms with Crippen LogP contribution >= 0.6 is 0 Å². The van der Waals surface area contributed by atoms with E-state index in [1.54, 1.807) is 41.3 Å². The molecule has 0 spiro atoms. The number of nitro groups is 1. The third-order valence-electron chi connectivity index (χ3n) is 5.15. The van der Waals surface area contributed by atoms with Crippen LogP contribution in [0.2, 0.25) is 0 Å². The maximum Gasteiger partial charge on any atom is 0.293 e. The molecule has 0 saturated carbocycles. The van der Waals surface area contributed by atoms with Crippen LogP contribution in [0.5, 0.6) is 0 Å². The van der Waals surface area contributed by atoms with Crippen molar-refractivity contribution in [1.29, 1.82) is 0 Å². The minimum absolute atomic E-state index is 0.0416. The maximum absolute atomic E-state index is 12.6. The Bertz CT molecular complexity index is 800. The Labute approximate surface area is 159 Å². The number of hydrogen-bond acceptors (Lipinski definition) is 4. The molecule has 2 N–H and O–H groups in total. The lowest BCUT2D eigenvalue weighted by atomic mass is 10.0. The van der Waals surface area contributed by atoms with Gasteiger partial charge in [-0.05, 0) is 18.6 Å². The van der Waals surface area contributed by atoms with Crippen LogP contribution in [0.25, 0.3) is 0 Å². The van der Waals surface area contributed by atoms with Crippen LogP contribution in [-0.2, 0) is 0 Å². The summed E-state index contributed by atoms with van der Waals surface area (Å²) in [5.74, 6) is -0.207. The summed E-state index contributed by atoms with van der Waals surface area (Å²) in [5, 5.41) is 14.9. The Morgan fingerprint density at radius 2 is 1.85 bits per heavy atom. The van der Waals surface area contributed by atoms with Crippen molar-refractivity contribution in [2.45, 2.75) is 32.2 Å². The first-order chi connectivity index (χ1) is 13.1. The molecular weight excluding hydrogens is 342 g/mol. The molecule has 0 unspecified atom stereocenters. The number of carbonyl (C=O) groups excluding carboxylic acids is 1. The number of nitro benzene ring substituents is 1. The van der Waals surface area contributed by atoms with Crippen molar-refractivity contribution in [3.05, 3.63) is 69.8 Å². The highest BCUT2D eigenvalue weighted by atomic mass is 16.6. The van der Waals surface area contributed by atoms with Gasteiger partial charge in [-0.25, -0.2) is 0 Å². The smallest absolute Gasteiger partial charge is 0.293 e. The van der Waals surface area contributed by atoms with E-state index in [4.69, 9.17) is 0 Å². The molecule has 0 atom stereocenters. The highest BCUT2D eigenvalue weighted by Crippen LogP contribution is 2.28. The molecule has 0 amide bonds. The molecule has 1 aliphatic heterocycles. The van der Waals surface area contributed by atoms with Crippen molar-refractivity contribution in [3.8, 4) is 0 Å². The highest BCUT2D eigenvalue weighted by Gasteiger charge is 2.25. The van der Waals surface area contributed by atoms with Crippen LogP contribution in [-0.4, -0.2) is 36.4 Å². The van der Waals surface area contributed by atoms with Crippen molar-refractivity contribution in [2.24, 2.45) is 0 Å². The van der Waals surface area contributed by atoms with Gasteiger partial charge in [-0.2, -0.15) is 0 Å². The monoisotopic (exact) mass is 368 g/mol. The fraction of sp³-hybridized carbons (Fsp3) is 0.381. The van der Waals surface area contributed by atoms with E-state index in [0.29, 0.717) is 16.8 Å². The zero-order chi connectivity index (χ0) is 19.2. The predicted molar refractivity (Wildman–Crippen MR) is 105 cm³/mol. The molecule has 6 nitrogen and oxygen atoms in total. The van der Waals surface area contributed by atoms with E-state index in [0.717, 1.165) is 25.9 Å². The molecule has 27 heavy (non-hydrogen) atoms. The summed E-state index contributed by atoms with van der Waals surface area (Å²) >= 11 is 0. The van der Waals surface area contributed by atoms with Crippen LogP contribution in [0.3, 0.4) is 0 Å². The number of nitrogens with zero attached hydrogens (tertiary/aromatic N) is 1. The van der Waals surface area contributed by atoms with E-state index < -0.39 is 4.92 Å². The first-order valence-electron chi connectivity index (χ1n) is 9.56. The number of anilines is 1. The van der Waals surface area contributed by atoms with Crippen molar-refractivity contribution in [3.63, 3.8) is 0 Å². The van der Waals surface area contributed by atoms with Crippen molar-refractivity contribution < 1.29 is 14.6 Å². The second kappa shape index (κ2) is 8.77. The molecule has 0 radical (unpaired) electrons. The molecular formula is C21H26N3O3+. The molecule has 1 fully saturated rings. The number of ketones is 1. The zero-order valence-corrected chi connectivity index (χ0v) is 15.6. The number of rotatable bonds is 7. The van der Waals surface area contributed by atoms with E-state index in [-0.39, 0.29) is 17.5 Å². The highest BCUT2D eigenvalue weighted by molar-refractivity contribution is 6.09. The third-order valence-corrected chi connectivity index (χ3v) is 5.15. The van der Waals surface area contributed by atoms with E-state index in [9.17, 15) is 14.9 Å². The molecule has 0 bridgehead atoms. The minimum Gasteiger partial charge on any atom is -0.376 e. The van der Waals surface area contributed by atoms with Gasteiger partial charge in [0.25, 0.3) is 5.69 Å². The lowest BCUT2D eigenvalue weighted by molar-refractivity contribution is -0.905. The van der Waals surface area contributed by atoms with Crippen LogP contribution in [0, 0.1) is 10.1 Å². The Hall–Kier alpha value is -2.73. The average Bonchev–Trinajstić information content (AvgIpc) is 2.70. The van der Waals surface area contributed by atoms with E-state index >= 15 is 0 Å². The van der Waals surface area contributed by atoms with Gasteiger partial charge in [-0.1, -0.05) is 37.3 Å². The summed E-state index contributed by atoms with van der Waals surface area (Å²) in [6.45, 7) is 5.55. The van der Waals surface area contributed by atoms with Crippen molar-refractivity contribution in [2.75, 3.05) is 25.0 Å². The molecule has 3 rings (SSSR count). The van der Waals surface area contributed by atoms with Gasteiger partial charge >= 0.3 is 0 Å². The fourth-order valence-corrected chi connectivity index (χ4v) is 3.70. The Balaban J connectivity index is 1.75.